The number of carbonyl (C=O) groups excluding carboxylic acids is 2. The highest BCUT2D eigenvalue weighted by molar-refractivity contribution is 9.10. The fourth-order valence-electron chi connectivity index (χ4n) is 2.39. The van der Waals surface area contributed by atoms with Crippen LogP contribution in [0.2, 0.25) is 0 Å². The Balaban J connectivity index is 2.50. The summed E-state index contributed by atoms with van der Waals surface area (Å²) < 4.78 is 4.84. The Bertz CT molecular complexity index is 860. The minimum Gasteiger partial charge on any atom is -0.466 e. The number of amides is 1. The summed E-state index contributed by atoms with van der Waals surface area (Å²) >= 11 is 3.13. The van der Waals surface area contributed by atoms with Crippen molar-refractivity contribution >= 4 is 39.2 Å². The van der Waals surface area contributed by atoms with Crippen LogP contribution in [0.25, 0.3) is 0 Å². The molecule has 11 heteroatoms. The van der Waals surface area contributed by atoms with E-state index >= 15 is 0 Å². The molecule has 1 heterocycles. The zero-order valence-electron chi connectivity index (χ0n) is 13.5. The molecule has 1 aliphatic heterocycles. The number of halogens is 1. The Kier molecular flexibility index (Phi) is 5.91. The zero-order valence-corrected chi connectivity index (χ0v) is 15.1. The van der Waals surface area contributed by atoms with E-state index in [2.05, 4.69) is 26.0 Å². The van der Waals surface area contributed by atoms with E-state index in [0.717, 1.165) is 13.2 Å². The number of nitro groups is 1. The van der Waals surface area contributed by atoms with Crippen LogP contribution in [0.4, 0.5) is 11.4 Å². The van der Waals surface area contributed by atoms with Gasteiger partial charge >= 0.3 is 5.97 Å². The highest BCUT2D eigenvalue weighted by atomic mass is 79.9. The van der Waals surface area contributed by atoms with Gasteiger partial charge in [0.15, 0.2) is 0 Å². The van der Waals surface area contributed by atoms with Crippen molar-refractivity contribution in [1.29, 1.82) is 5.26 Å². The van der Waals surface area contributed by atoms with E-state index in [0.29, 0.717) is 0 Å². The Morgan fingerprint density at radius 1 is 1.58 bits per heavy atom. The molecule has 0 atom stereocenters. The van der Waals surface area contributed by atoms with Gasteiger partial charge in [-0.05, 0) is 15.9 Å². The second-order valence-electron chi connectivity index (χ2n) is 5.14. The minimum atomic E-state index is -0.738. The van der Waals surface area contributed by atoms with Gasteiger partial charge in [0.05, 0.1) is 42.0 Å². The molecule has 0 bridgehead atoms. The fraction of sp³-hybridized carbons (Fsp3) is 0.267. The van der Waals surface area contributed by atoms with Crippen molar-refractivity contribution in [2.24, 2.45) is 0 Å². The number of carbonyl (C=O) groups is 2. The number of esters is 1. The topological polar surface area (TPSA) is 146 Å². The number of nitriles is 1. The van der Waals surface area contributed by atoms with Crippen LogP contribution in [-0.4, -0.2) is 53.6 Å². The SMILES string of the molecule is COC(=O)C1=C(Nc2c(Br)cc([N+](=O)[O-])cc2C#N)C(=O)N(CCO)C1. The lowest BCUT2D eigenvalue weighted by atomic mass is 10.1. The average Bonchev–Trinajstić information content (AvgIpc) is 2.92. The monoisotopic (exact) mass is 424 g/mol. The van der Waals surface area contributed by atoms with Crippen LogP contribution in [0.15, 0.2) is 27.9 Å². The van der Waals surface area contributed by atoms with Crippen LogP contribution in [0, 0.1) is 21.4 Å². The number of hydrogen-bond acceptors (Lipinski definition) is 8. The number of anilines is 1. The Labute approximate surface area is 155 Å². The maximum atomic E-state index is 12.5. The highest BCUT2D eigenvalue weighted by Gasteiger charge is 2.35. The molecule has 26 heavy (non-hydrogen) atoms. The lowest BCUT2D eigenvalue weighted by Crippen LogP contribution is -2.31. The van der Waals surface area contributed by atoms with Gasteiger partial charge in [0, 0.05) is 23.2 Å². The fourth-order valence-corrected chi connectivity index (χ4v) is 2.93. The molecule has 1 aromatic carbocycles. The summed E-state index contributed by atoms with van der Waals surface area (Å²) in [6.45, 7) is -0.351. The molecule has 0 radical (unpaired) electrons. The predicted molar refractivity (Wildman–Crippen MR) is 91.8 cm³/mol. The number of rotatable bonds is 6. The summed E-state index contributed by atoms with van der Waals surface area (Å²) in [6.07, 6.45) is 0. The molecule has 10 nitrogen and oxygen atoms in total. The first-order valence-electron chi connectivity index (χ1n) is 7.20. The van der Waals surface area contributed by atoms with Crippen LogP contribution in [-0.2, 0) is 14.3 Å². The van der Waals surface area contributed by atoms with Crippen LogP contribution < -0.4 is 5.32 Å². The van der Waals surface area contributed by atoms with Gasteiger partial charge in [-0.2, -0.15) is 5.26 Å². The second kappa shape index (κ2) is 7.94. The zero-order chi connectivity index (χ0) is 19.4. The third-order valence-electron chi connectivity index (χ3n) is 3.61. The number of nitro benzene ring substituents is 1. The van der Waals surface area contributed by atoms with Crippen LogP contribution >= 0.6 is 15.9 Å². The molecule has 2 rings (SSSR count). The van der Waals surface area contributed by atoms with Gasteiger partial charge in [-0.15, -0.1) is 0 Å². The van der Waals surface area contributed by atoms with Crippen LogP contribution in [0.5, 0.6) is 0 Å². The van der Waals surface area contributed by atoms with E-state index in [1.807, 2.05) is 6.07 Å². The average molecular weight is 425 g/mol. The maximum absolute atomic E-state index is 12.5. The molecule has 0 unspecified atom stereocenters. The van der Waals surface area contributed by atoms with Gasteiger partial charge in [-0.1, -0.05) is 0 Å². The largest absolute Gasteiger partial charge is 0.466 e. The van der Waals surface area contributed by atoms with Crippen molar-refractivity contribution in [2.45, 2.75) is 0 Å². The number of β-amino-alcohol motifs (C(OH)–C–C–N with tert-alkyl or cyclic N) is 1. The van der Waals surface area contributed by atoms with Gasteiger partial charge in [0.25, 0.3) is 11.6 Å². The van der Waals surface area contributed by atoms with Gasteiger partial charge in [-0.25, -0.2) is 4.79 Å². The lowest BCUT2D eigenvalue weighted by molar-refractivity contribution is -0.384. The normalized spacial score (nSPS) is 13.6. The van der Waals surface area contributed by atoms with Crippen molar-refractivity contribution in [3.63, 3.8) is 0 Å². The third-order valence-corrected chi connectivity index (χ3v) is 4.24. The van der Waals surface area contributed by atoms with Crippen LogP contribution in [0.1, 0.15) is 5.56 Å². The quantitative estimate of drug-likeness (QED) is 0.389. The van der Waals surface area contributed by atoms with Crippen molar-refractivity contribution in [3.05, 3.63) is 43.6 Å². The van der Waals surface area contributed by atoms with E-state index in [4.69, 9.17) is 5.11 Å². The molecule has 136 valence electrons. The number of methoxy groups -OCH3 is 1. The van der Waals surface area contributed by atoms with E-state index in [9.17, 15) is 25.0 Å². The molecule has 2 N–H and O–H groups in total. The molecule has 0 fully saturated rings. The first kappa shape index (κ1) is 19.4. The number of hydrogen-bond donors (Lipinski definition) is 2. The number of non-ortho nitro benzene ring substituents is 1. The van der Waals surface area contributed by atoms with Crippen molar-refractivity contribution in [2.75, 3.05) is 32.1 Å². The molecule has 1 aliphatic rings. The Hall–Kier alpha value is -2.97. The lowest BCUT2D eigenvalue weighted by Gasteiger charge is -2.15. The molecule has 1 amide bonds. The van der Waals surface area contributed by atoms with Crippen LogP contribution in [0.3, 0.4) is 0 Å². The standard InChI is InChI=1S/C15H13BrN4O6/c1-26-15(23)10-7-19(2-3-21)14(22)13(10)18-12-8(6-17)4-9(20(24)25)5-11(12)16/h4-5,18,21H,2-3,7H2,1H3. The molecule has 0 saturated heterocycles. The van der Waals surface area contributed by atoms with E-state index < -0.39 is 16.8 Å². The molecule has 0 aliphatic carbocycles. The van der Waals surface area contributed by atoms with Gasteiger partial charge in [0.1, 0.15) is 11.8 Å². The molecule has 1 aromatic rings. The summed E-state index contributed by atoms with van der Waals surface area (Å²) in [4.78, 5) is 36.0. The molecular formula is C15H13BrN4O6. The van der Waals surface area contributed by atoms with E-state index in [1.165, 1.54) is 11.0 Å². The van der Waals surface area contributed by atoms with E-state index in [1.54, 1.807) is 0 Å². The second-order valence-corrected chi connectivity index (χ2v) is 5.99. The van der Waals surface area contributed by atoms with Crippen molar-refractivity contribution in [3.8, 4) is 6.07 Å². The minimum absolute atomic E-state index is 0.0110. The molecule has 0 saturated carbocycles. The predicted octanol–water partition coefficient (Wildman–Crippen LogP) is 0.902. The number of nitrogens with one attached hydrogen (secondary N) is 1. The van der Waals surface area contributed by atoms with Gasteiger partial charge < -0.3 is 20.1 Å². The van der Waals surface area contributed by atoms with Crippen molar-refractivity contribution in [1.82, 2.24) is 4.90 Å². The smallest absolute Gasteiger partial charge is 0.337 e. The molecule has 0 spiro atoms. The Morgan fingerprint density at radius 3 is 2.81 bits per heavy atom. The number of nitrogens with zero attached hydrogens (tertiary/aromatic N) is 3. The summed E-state index contributed by atoms with van der Waals surface area (Å²) in [5, 5.41) is 32.0. The third kappa shape index (κ3) is 3.66. The molecule has 0 aromatic heterocycles. The first-order chi connectivity index (χ1) is 12.3. The number of aliphatic hydroxyl groups excluding tert-OH is 1. The number of benzene rings is 1. The summed E-state index contributed by atoms with van der Waals surface area (Å²) in [7, 11) is 1.16. The maximum Gasteiger partial charge on any atom is 0.337 e. The number of aliphatic hydroxyl groups is 1. The van der Waals surface area contributed by atoms with Gasteiger partial charge in [0.2, 0.25) is 0 Å². The summed E-state index contributed by atoms with van der Waals surface area (Å²) in [5.41, 5.74) is -0.373. The Morgan fingerprint density at radius 2 is 2.27 bits per heavy atom. The van der Waals surface area contributed by atoms with Crippen molar-refractivity contribution < 1.29 is 24.4 Å². The molecular weight excluding hydrogens is 412 g/mol. The van der Waals surface area contributed by atoms with E-state index in [-0.39, 0.29) is 52.4 Å². The summed E-state index contributed by atoms with van der Waals surface area (Å²) in [5.74, 6) is -1.30. The summed E-state index contributed by atoms with van der Waals surface area (Å²) in [6, 6.07) is 4.04. The van der Waals surface area contributed by atoms with Gasteiger partial charge in [-0.3, -0.25) is 14.9 Å². The highest BCUT2D eigenvalue weighted by Crippen LogP contribution is 2.34. The first-order valence-corrected chi connectivity index (χ1v) is 8.00. The number of ether oxygens (including phenoxy) is 1.